The number of halogens is 2. The SMILES string of the molecule is CCCCCCCC(NCCC)c1cc(Cl)sc1Cl. The minimum atomic E-state index is 0.359. The molecule has 0 radical (unpaired) electrons. The second-order valence-electron chi connectivity index (χ2n) is 4.99. The van der Waals surface area contributed by atoms with Gasteiger partial charge in [-0.3, -0.25) is 0 Å². The van der Waals surface area contributed by atoms with E-state index in [9.17, 15) is 0 Å². The number of hydrogen-bond acceptors (Lipinski definition) is 2. The highest BCUT2D eigenvalue weighted by molar-refractivity contribution is 7.20. The summed E-state index contributed by atoms with van der Waals surface area (Å²) in [6.45, 7) is 5.47. The van der Waals surface area contributed by atoms with Crippen molar-refractivity contribution >= 4 is 34.5 Å². The van der Waals surface area contributed by atoms with Crippen LogP contribution in [0.15, 0.2) is 6.07 Å². The van der Waals surface area contributed by atoms with Crippen LogP contribution in [0.4, 0.5) is 0 Å². The van der Waals surface area contributed by atoms with E-state index in [1.165, 1.54) is 49.0 Å². The van der Waals surface area contributed by atoms with E-state index in [4.69, 9.17) is 23.2 Å². The predicted molar refractivity (Wildman–Crippen MR) is 88.7 cm³/mol. The first-order valence-electron chi connectivity index (χ1n) is 7.37. The highest BCUT2D eigenvalue weighted by atomic mass is 35.5. The van der Waals surface area contributed by atoms with Crippen molar-refractivity contribution in [1.29, 1.82) is 0 Å². The molecule has 0 fully saturated rings. The minimum absolute atomic E-state index is 0.359. The first-order valence-corrected chi connectivity index (χ1v) is 8.94. The molecule has 19 heavy (non-hydrogen) atoms. The summed E-state index contributed by atoms with van der Waals surface area (Å²) in [5, 5.41) is 3.59. The minimum Gasteiger partial charge on any atom is -0.310 e. The molecular formula is C15H25Cl2NS. The number of thiophene rings is 1. The quantitative estimate of drug-likeness (QED) is 0.488. The Bertz CT molecular complexity index is 352. The molecule has 0 saturated carbocycles. The predicted octanol–water partition coefficient (Wildman–Crippen LogP) is 6.46. The van der Waals surface area contributed by atoms with Gasteiger partial charge in [-0.1, -0.05) is 69.2 Å². The molecule has 1 heterocycles. The van der Waals surface area contributed by atoms with Crippen LogP contribution < -0.4 is 5.32 Å². The molecule has 1 unspecified atom stereocenters. The monoisotopic (exact) mass is 321 g/mol. The summed E-state index contributed by atoms with van der Waals surface area (Å²) in [7, 11) is 0. The van der Waals surface area contributed by atoms with Gasteiger partial charge in [0, 0.05) is 11.6 Å². The van der Waals surface area contributed by atoms with Crippen molar-refractivity contribution in [2.75, 3.05) is 6.54 Å². The Morgan fingerprint density at radius 3 is 2.42 bits per heavy atom. The maximum Gasteiger partial charge on any atom is 0.0991 e. The summed E-state index contributed by atoms with van der Waals surface area (Å²) >= 11 is 13.8. The lowest BCUT2D eigenvalue weighted by molar-refractivity contribution is 0.469. The van der Waals surface area contributed by atoms with E-state index >= 15 is 0 Å². The molecule has 0 aromatic carbocycles. The van der Waals surface area contributed by atoms with Crippen LogP contribution in [0.5, 0.6) is 0 Å². The van der Waals surface area contributed by atoms with Crippen molar-refractivity contribution in [2.45, 2.75) is 64.8 Å². The van der Waals surface area contributed by atoms with Crippen molar-refractivity contribution in [2.24, 2.45) is 0 Å². The summed E-state index contributed by atoms with van der Waals surface area (Å²) in [6.07, 6.45) is 8.84. The summed E-state index contributed by atoms with van der Waals surface area (Å²) in [4.78, 5) is 0. The molecule has 0 spiro atoms. The van der Waals surface area contributed by atoms with Gasteiger partial charge in [-0.05, 0) is 25.5 Å². The van der Waals surface area contributed by atoms with Gasteiger partial charge in [0.2, 0.25) is 0 Å². The van der Waals surface area contributed by atoms with Gasteiger partial charge in [0.05, 0.1) is 8.67 Å². The largest absolute Gasteiger partial charge is 0.310 e. The molecule has 1 N–H and O–H groups in total. The Balaban J connectivity index is 2.49. The summed E-state index contributed by atoms with van der Waals surface area (Å²) in [5.41, 5.74) is 1.18. The van der Waals surface area contributed by atoms with Crippen LogP contribution in [0.2, 0.25) is 8.67 Å². The highest BCUT2D eigenvalue weighted by Gasteiger charge is 2.16. The van der Waals surface area contributed by atoms with Crippen LogP contribution >= 0.6 is 34.5 Å². The van der Waals surface area contributed by atoms with Gasteiger partial charge in [0.25, 0.3) is 0 Å². The zero-order chi connectivity index (χ0) is 14.1. The second-order valence-corrected chi connectivity index (χ2v) is 7.27. The number of rotatable bonds is 10. The fourth-order valence-corrected chi connectivity index (χ4v) is 3.81. The van der Waals surface area contributed by atoms with E-state index in [0.717, 1.165) is 28.1 Å². The van der Waals surface area contributed by atoms with Crippen molar-refractivity contribution in [1.82, 2.24) is 5.32 Å². The molecule has 0 amide bonds. The Kier molecular flexibility index (Phi) is 9.14. The molecule has 0 saturated heterocycles. The van der Waals surface area contributed by atoms with Crippen LogP contribution in [0.3, 0.4) is 0 Å². The average molecular weight is 322 g/mol. The Hall–Kier alpha value is 0.240. The molecule has 1 aromatic rings. The topological polar surface area (TPSA) is 12.0 Å². The van der Waals surface area contributed by atoms with Crippen molar-refractivity contribution in [3.05, 3.63) is 20.3 Å². The molecule has 1 aromatic heterocycles. The maximum absolute atomic E-state index is 6.28. The molecule has 1 nitrogen and oxygen atoms in total. The zero-order valence-corrected chi connectivity index (χ0v) is 14.3. The molecule has 0 bridgehead atoms. The van der Waals surface area contributed by atoms with Gasteiger partial charge in [-0.2, -0.15) is 0 Å². The molecule has 0 aliphatic heterocycles. The van der Waals surface area contributed by atoms with Crippen molar-refractivity contribution in [3.63, 3.8) is 0 Å². The van der Waals surface area contributed by atoms with Crippen LogP contribution in [-0.2, 0) is 0 Å². The highest BCUT2D eigenvalue weighted by Crippen LogP contribution is 2.36. The normalized spacial score (nSPS) is 12.8. The zero-order valence-electron chi connectivity index (χ0n) is 12.0. The van der Waals surface area contributed by atoms with E-state index in [0.29, 0.717) is 6.04 Å². The molecule has 4 heteroatoms. The van der Waals surface area contributed by atoms with Gasteiger partial charge in [0.15, 0.2) is 0 Å². The second kappa shape index (κ2) is 10.0. The summed E-state index contributed by atoms with van der Waals surface area (Å²) in [5.74, 6) is 0. The molecule has 0 aliphatic carbocycles. The number of hydrogen-bond donors (Lipinski definition) is 1. The molecule has 0 aliphatic rings. The van der Waals surface area contributed by atoms with Gasteiger partial charge in [-0.25, -0.2) is 0 Å². The van der Waals surface area contributed by atoms with E-state index < -0.39 is 0 Å². The number of unbranched alkanes of at least 4 members (excludes halogenated alkanes) is 4. The Labute approximate surface area is 131 Å². The number of nitrogens with one attached hydrogen (secondary N) is 1. The molecular weight excluding hydrogens is 297 g/mol. The van der Waals surface area contributed by atoms with E-state index in [2.05, 4.69) is 19.2 Å². The maximum atomic E-state index is 6.28. The smallest absolute Gasteiger partial charge is 0.0991 e. The van der Waals surface area contributed by atoms with Crippen LogP contribution in [0, 0.1) is 0 Å². The standard InChI is InChI=1S/C15H25Cl2NS/c1-3-5-6-7-8-9-13(18-10-4-2)12-11-14(16)19-15(12)17/h11,13,18H,3-10H2,1-2H3. The average Bonchev–Trinajstić information content (AvgIpc) is 2.72. The Morgan fingerprint density at radius 1 is 1.11 bits per heavy atom. The molecule has 1 rings (SSSR count). The third-order valence-corrected chi connectivity index (χ3v) is 4.81. The lowest BCUT2D eigenvalue weighted by atomic mass is 10.0. The van der Waals surface area contributed by atoms with Gasteiger partial charge < -0.3 is 5.32 Å². The molecule has 110 valence electrons. The van der Waals surface area contributed by atoms with Gasteiger partial charge in [-0.15, -0.1) is 11.3 Å². The lowest BCUT2D eigenvalue weighted by Crippen LogP contribution is -2.22. The van der Waals surface area contributed by atoms with E-state index in [1.54, 1.807) is 0 Å². The third kappa shape index (κ3) is 6.48. The fraction of sp³-hybridized carbons (Fsp3) is 0.733. The fourth-order valence-electron chi connectivity index (χ4n) is 2.23. The third-order valence-electron chi connectivity index (χ3n) is 3.30. The van der Waals surface area contributed by atoms with Crippen molar-refractivity contribution < 1.29 is 0 Å². The van der Waals surface area contributed by atoms with E-state index in [-0.39, 0.29) is 0 Å². The van der Waals surface area contributed by atoms with Crippen LogP contribution in [0.25, 0.3) is 0 Å². The Morgan fingerprint density at radius 2 is 1.84 bits per heavy atom. The van der Waals surface area contributed by atoms with Crippen LogP contribution in [0.1, 0.15) is 70.4 Å². The van der Waals surface area contributed by atoms with E-state index in [1.807, 2.05) is 6.07 Å². The van der Waals surface area contributed by atoms with Gasteiger partial charge in [0.1, 0.15) is 0 Å². The first-order chi connectivity index (χ1) is 9.19. The van der Waals surface area contributed by atoms with Crippen LogP contribution in [-0.4, -0.2) is 6.54 Å². The summed E-state index contributed by atoms with van der Waals surface area (Å²) < 4.78 is 1.63. The summed E-state index contributed by atoms with van der Waals surface area (Å²) in [6, 6.07) is 2.38. The lowest BCUT2D eigenvalue weighted by Gasteiger charge is -2.18. The van der Waals surface area contributed by atoms with Gasteiger partial charge >= 0.3 is 0 Å². The van der Waals surface area contributed by atoms with Crippen molar-refractivity contribution in [3.8, 4) is 0 Å². The molecule has 1 atom stereocenters. The first kappa shape index (κ1) is 17.3.